The predicted molar refractivity (Wildman–Crippen MR) is 86.4 cm³/mol. The highest BCUT2D eigenvalue weighted by Gasteiger charge is 2.35. The second-order valence-corrected chi connectivity index (χ2v) is 6.40. The van der Waals surface area contributed by atoms with Crippen molar-refractivity contribution in [3.63, 3.8) is 0 Å². The molecule has 22 heavy (non-hydrogen) atoms. The molecular formula is C15H17Cl2N3O2. The SMILES string of the molecule is O=C(N[C@H]1CCN(c2ccc(Cl)c(Cl)c2)C1=O)[C@H]1CCCN1. The lowest BCUT2D eigenvalue weighted by Crippen LogP contribution is -2.48. The molecule has 118 valence electrons. The Bertz CT molecular complexity index is 602. The van der Waals surface area contributed by atoms with Gasteiger partial charge >= 0.3 is 0 Å². The Morgan fingerprint density at radius 3 is 2.77 bits per heavy atom. The van der Waals surface area contributed by atoms with Crippen molar-refractivity contribution in [1.82, 2.24) is 10.6 Å². The van der Waals surface area contributed by atoms with E-state index in [1.807, 2.05) is 0 Å². The average molecular weight is 342 g/mol. The van der Waals surface area contributed by atoms with E-state index in [-0.39, 0.29) is 17.9 Å². The maximum absolute atomic E-state index is 12.5. The number of hydrogen-bond acceptors (Lipinski definition) is 3. The molecule has 0 saturated carbocycles. The number of nitrogens with one attached hydrogen (secondary N) is 2. The molecule has 5 nitrogen and oxygen atoms in total. The van der Waals surface area contributed by atoms with Gasteiger partial charge in [-0.3, -0.25) is 9.59 Å². The van der Waals surface area contributed by atoms with Gasteiger partial charge in [0.15, 0.2) is 0 Å². The molecule has 3 rings (SSSR count). The lowest BCUT2D eigenvalue weighted by atomic mass is 10.2. The Kier molecular flexibility index (Phi) is 4.57. The Balaban J connectivity index is 1.66. The van der Waals surface area contributed by atoms with E-state index in [1.165, 1.54) is 0 Å². The number of carbonyl (C=O) groups excluding carboxylic acids is 2. The molecule has 0 unspecified atom stereocenters. The van der Waals surface area contributed by atoms with E-state index in [4.69, 9.17) is 23.2 Å². The third kappa shape index (κ3) is 3.07. The lowest BCUT2D eigenvalue weighted by molar-refractivity contribution is -0.127. The average Bonchev–Trinajstić information content (AvgIpc) is 3.13. The molecule has 2 fully saturated rings. The number of anilines is 1. The summed E-state index contributed by atoms with van der Waals surface area (Å²) >= 11 is 11.9. The first-order chi connectivity index (χ1) is 10.6. The smallest absolute Gasteiger partial charge is 0.249 e. The molecule has 2 atom stereocenters. The molecule has 2 amide bonds. The summed E-state index contributed by atoms with van der Waals surface area (Å²) in [5.41, 5.74) is 0.704. The van der Waals surface area contributed by atoms with E-state index >= 15 is 0 Å². The van der Waals surface area contributed by atoms with E-state index < -0.39 is 6.04 Å². The number of benzene rings is 1. The standard InChI is InChI=1S/C15H17Cl2N3O2/c16-10-4-3-9(8-11(10)17)20-7-5-13(15(20)22)19-14(21)12-2-1-6-18-12/h3-4,8,12-13,18H,1-2,5-7H2,(H,19,21)/t12-,13+/m1/s1. The summed E-state index contributed by atoms with van der Waals surface area (Å²) in [7, 11) is 0. The van der Waals surface area contributed by atoms with Crippen molar-refractivity contribution in [3.05, 3.63) is 28.2 Å². The Morgan fingerprint density at radius 1 is 1.27 bits per heavy atom. The monoisotopic (exact) mass is 341 g/mol. The van der Waals surface area contributed by atoms with Crippen molar-refractivity contribution in [2.75, 3.05) is 18.0 Å². The minimum absolute atomic E-state index is 0.0909. The largest absolute Gasteiger partial charge is 0.343 e. The van der Waals surface area contributed by atoms with E-state index in [9.17, 15) is 9.59 Å². The first-order valence-electron chi connectivity index (χ1n) is 7.36. The molecule has 1 aromatic rings. The quantitative estimate of drug-likeness (QED) is 0.883. The van der Waals surface area contributed by atoms with Crippen LogP contribution in [0.4, 0.5) is 5.69 Å². The third-order valence-electron chi connectivity index (χ3n) is 4.11. The van der Waals surface area contributed by atoms with Crippen LogP contribution in [-0.2, 0) is 9.59 Å². The van der Waals surface area contributed by atoms with Gasteiger partial charge in [0, 0.05) is 12.2 Å². The zero-order valence-corrected chi connectivity index (χ0v) is 13.5. The predicted octanol–water partition coefficient (Wildman–Crippen LogP) is 1.97. The molecule has 0 aromatic heterocycles. The molecule has 0 bridgehead atoms. The molecule has 1 aromatic carbocycles. The van der Waals surface area contributed by atoms with E-state index in [0.29, 0.717) is 28.7 Å². The molecule has 0 aliphatic carbocycles. The first kappa shape index (κ1) is 15.6. The van der Waals surface area contributed by atoms with Crippen LogP contribution in [0.15, 0.2) is 18.2 Å². The third-order valence-corrected chi connectivity index (χ3v) is 4.85. The maximum Gasteiger partial charge on any atom is 0.249 e. The lowest BCUT2D eigenvalue weighted by Gasteiger charge is -2.19. The zero-order chi connectivity index (χ0) is 15.7. The minimum Gasteiger partial charge on any atom is -0.343 e. The van der Waals surface area contributed by atoms with Crippen molar-refractivity contribution in [2.24, 2.45) is 0 Å². The van der Waals surface area contributed by atoms with Gasteiger partial charge in [-0.2, -0.15) is 0 Å². The number of rotatable bonds is 3. The number of halogens is 2. The van der Waals surface area contributed by atoms with Crippen LogP contribution < -0.4 is 15.5 Å². The zero-order valence-electron chi connectivity index (χ0n) is 11.9. The molecule has 2 aliphatic rings. The maximum atomic E-state index is 12.5. The van der Waals surface area contributed by atoms with Gasteiger partial charge in [0.25, 0.3) is 0 Å². The fourth-order valence-corrected chi connectivity index (χ4v) is 3.20. The Hall–Kier alpha value is -1.30. The summed E-state index contributed by atoms with van der Waals surface area (Å²) in [6, 6.07) is 4.46. The van der Waals surface area contributed by atoms with Crippen molar-refractivity contribution in [2.45, 2.75) is 31.3 Å². The van der Waals surface area contributed by atoms with E-state index in [0.717, 1.165) is 19.4 Å². The fourth-order valence-electron chi connectivity index (χ4n) is 2.90. The molecule has 7 heteroatoms. The number of carbonyl (C=O) groups is 2. The molecule has 2 N–H and O–H groups in total. The van der Waals surface area contributed by atoms with Crippen LogP contribution in [0.1, 0.15) is 19.3 Å². The van der Waals surface area contributed by atoms with Crippen LogP contribution >= 0.6 is 23.2 Å². The van der Waals surface area contributed by atoms with Gasteiger partial charge in [0.1, 0.15) is 6.04 Å². The summed E-state index contributed by atoms with van der Waals surface area (Å²) in [4.78, 5) is 26.2. The van der Waals surface area contributed by atoms with Crippen LogP contribution in [0.5, 0.6) is 0 Å². The van der Waals surface area contributed by atoms with Gasteiger partial charge in [-0.15, -0.1) is 0 Å². The van der Waals surface area contributed by atoms with Gasteiger partial charge < -0.3 is 15.5 Å². The van der Waals surface area contributed by atoms with Crippen molar-refractivity contribution in [3.8, 4) is 0 Å². The number of nitrogens with zero attached hydrogens (tertiary/aromatic N) is 1. The van der Waals surface area contributed by atoms with Crippen LogP contribution in [0.3, 0.4) is 0 Å². The van der Waals surface area contributed by atoms with E-state index in [1.54, 1.807) is 23.1 Å². The van der Waals surface area contributed by atoms with Gasteiger partial charge in [0.2, 0.25) is 11.8 Å². The fraction of sp³-hybridized carbons (Fsp3) is 0.467. The highest BCUT2D eigenvalue weighted by Crippen LogP contribution is 2.29. The van der Waals surface area contributed by atoms with Gasteiger partial charge in [-0.25, -0.2) is 0 Å². The molecule has 0 radical (unpaired) electrons. The van der Waals surface area contributed by atoms with Gasteiger partial charge in [-0.05, 0) is 44.0 Å². The summed E-state index contributed by atoms with van der Waals surface area (Å²) in [6.07, 6.45) is 2.41. The van der Waals surface area contributed by atoms with Crippen LogP contribution in [0.25, 0.3) is 0 Å². The molecule has 0 spiro atoms. The summed E-state index contributed by atoms with van der Waals surface area (Å²) in [5, 5.41) is 6.84. The number of amides is 2. The summed E-state index contributed by atoms with van der Waals surface area (Å²) < 4.78 is 0. The summed E-state index contributed by atoms with van der Waals surface area (Å²) in [5.74, 6) is -0.198. The highest BCUT2D eigenvalue weighted by molar-refractivity contribution is 6.42. The minimum atomic E-state index is -0.468. The van der Waals surface area contributed by atoms with Gasteiger partial charge in [-0.1, -0.05) is 23.2 Å². The normalized spacial score (nSPS) is 24.8. The first-order valence-corrected chi connectivity index (χ1v) is 8.12. The van der Waals surface area contributed by atoms with E-state index in [2.05, 4.69) is 10.6 Å². The Labute approximate surface area is 138 Å². The van der Waals surface area contributed by atoms with Crippen LogP contribution in [0.2, 0.25) is 10.0 Å². The van der Waals surface area contributed by atoms with Crippen molar-refractivity contribution < 1.29 is 9.59 Å². The molecular weight excluding hydrogens is 325 g/mol. The Morgan fingerprint density at radius 2 is 2.09 bits per heavy atom. The topological polar surface area (TPSA) is 61.4 Å². The molecule has 2 aliphatic heterocycles. The molecule has 2 saturated heterocycles. The van der Waals surface area contributed by atoms with Gasteiger partial charge in [0.05, 0.1) is 16.1 Å². The number of hydrogen-bond donors (Lipinski definition) is 2. The molecule has 2 heterocycles. The van der Waals surface area contributed by atoms with Crippen LogP contribution in [0, 0.1) is 0 Å². The van der Waals surface area contributed by atoms with Crippen LogP contribution in [-0.4, -0.2) is 37.0 Å². The van der Waals surface area contributed by atoms with Crippen molar-refractivity contribution in [1.29, 1.82) is 0 Å². The second-order valence-electron chi connectivity index (χ2n) is 5.59. The highest BCUT2D eigenvalue weighted by atomic mass is 35.5. The van der Waals surface area contributed by atoms with Crippen molar-refractivity contribution >= 4 is 40.7 Å². The second kappa shape index (κ2) is 6.44. The summed E-state index contributed by atoms with van der Waals surface area (Å²) in [6.45, 7) is 1.41.